The molecule has 2 fully saturated rings. The summed E-state index contributed by atoms with van der Waals surface area (Å²) >= 11 is 0. The van der Waals surface area contributed by atoms with Crippen LogP contribution in [0, 0.1) is 0 Å². The summed E-state index contributed by atoms with van der Waals surface area (Å²) in [5.74, 6) is -2.66. The normalized spacial score (nSPS) is 22.0. The average Bonchev–Trinajstić information content (AvgIpc) is 2.63. The molecule has 0 bridgehead atoms. The molecule has 0 aliphatic carbocycles. The van der Waals surface area contributed by atoms with Gasteiger partial charge in [-0.3, -0.25) is 28.6 Å². The molecule has 0 spiro atoms. The van der Waals surface area contributed by atoms with Gasteiger partial charge in [0.25, 0.3) is 5.91 Å². The number of imide groups is 1. The predicted octanol–water partition coefficient (Wildman–Crippen LogP) is -5.62. The molecule has 0 saturated carbocycles. The Bertz CT molecular complexity index is 594. The number of rotatable bonds is 4. The minimum atomic E-state index is -4.61. The van der Waals surface area contributed by atoms with Gasteiger partial charge in [0.05, 0.1) is 6.54 Å². The fourth-order valence-electron chi connectivity index (χ4n) is 1.89. The minimum Gasteiger partial charge on any atom is -1.00 e. The first-order valence-corrected chi connectivity index (χ1v) is 7.01. The van der Waals surface area contributed by atoms with Crippen molar-refractivity contribution in [2.75, 3.05) is 13.1 Å². The van der Waals surface area contributed by atoms with Crippen molar-refractivity contribution in [1.82, 2.24) is 14.5 Å². The Hall–Kier alpha value is -1.01. The molecule has 21 heavy (non-hydrogen) atoms. The first-order valence-electron chi connectivity index (χ1n) is 5.61. The van der Waals surface area contributed by atoms with Crippen LogP contribution < -0.4 is 34.9 Å². The SMILES string of the molecule is O=C(CN1C(=O)CCC1=O)NC1CN(S(=O)(=O)O)C1=O.[H-].[Na+]. The molecule has 2 N–H and O–H groups in total. The van der Waals surface area contributed by atoms with E-state index in [9.17, 15) is 27.6 Å². The Morgan fingerprint density at radius 2 is 1.81 bits per heavy atom. The molecular weight excluding hydrogens is 317 g/mol. The molecule has 4 amide bonds. The Kier molecular flexibility index (Phi) is 5.50. The number of β-lactam (4-membered cyclic amide) rings is 1. The summed E-state index contributed by atoms with van der Waals surface area (Å²) in [4.78, 5) is 46.2. The first kappa shape index (κ1) is 18.0. The molecular formula is C9H12N3NaO7S. The number of amides is 4. The fraction of sp³-hybridized carbons (Fsp3) is 0.556. The van der Waals surface area contributed by atoms with E-state index in [2.05, 4.69) is 5.32 Å². The van der Waals surface area contributed by atoms with Crippen LogP contribution in [0.25, 0.3) is 0 Å². The third kappa shape index (κ3) is 3.80. The molecule has 0 radical (unpaired) electrons. The quantitative estimate of drug-likeness (QED) is 0.227. The van der Waals surface area contributed by atoms with Crippen molar-refractivity contribution in [3.05, 3.63) is 0 Å². The molecule has 2 rings (SSSR count). The number of hydrogen-bond donors (Lipinski definition) is 2. The second-order valence-corrected chi connectivity index (χ2v) is 5.68. The van der Waals surface area contributed by atoms with Gasteiger partial charge in [-0.25, -0.2) is 4.31 Å². The van der Waals surface area contributed by atoms with Crippen molar-refractivity contribution in [2.24, 2.45) is 0 Å². The number of likely N-dealkylation sites (tertiary alicyclic amines) is 1. The van der Waals surface area contributed by atoms with Gasteiger partial charge in [-0.05, 0) is 0 Å². The summed E-state index contributed by atoms with van der Waals surface area (Å²) in [6.07, 6.45) is 0.0933. The van der Waals surface area contributed by atoms with Crippen LogP contribution in [0.3, 0.4) is 0 Å². The zero-order valence-corrected chi connectivity index (χ0v) is 13.9. The Labute approximate surface area is 143 Å². The van der Waals surface area contributed by atoms with Crippen molar-refractivity contribution < 1.29 is 63.1 Å². The van der Waals surface area contributed by atoms with Crippen LogP contribution in [0.15, 0.2) is 0 Å². The number of hydrogen-bond acceptors (Lipinski definition) is 6. The number of nitrogens with one attached hydrogen (secondary N) is 1. The van der Waals surface area contributed by atoms with Crippen LogP contribution in [0.4, 0.5) is 0 Å². The maximum absolute atomic E-state index is 11.6. The molecule has 12 heteroatoms. The molecule has 2 aliphatic heterocycles. The molecule has 2 aliphatic rings. The third-order valence-corrected chi connectivity index (χ3v) is 3.85. The molecule has 0 aromatic heterocycles. The zero-order chi connectivity index (χ0) is 15.1. The third-order valence-electron chi connectivity index (χ3n) is 2.96. The summed E-state index contributed by atoms with van der Waals surface area (Å²) in [7, 11) is -4.61. The summed E-state index contributed by atoms with van der Waals surface area (Å²) in [6, 6.07) is -1.09. The van der Waals surface area contributed by atoms with E-state index in [4.69, 9.17) is 4.55 Å². The average molecular weight is 329 g/mol. The van der Waals surface area contributed by atoms with E-state index in [0.717, 1.165) is 4.90 Å². The fourth-order valence-corrected chi connectivity index (χ4v) is 2.59. The second-order valence-electron chi connectivity index (χ2n) is 4.34. The maximum Gasteiger partial charge on any atom is 1.00 e. The second kappa shape index (κ2) is 6.40. The van der Waals surface area contributed by atoms with Crippen molar-refractivity contribution >= 4 is 33.9 Å². The van der Waals surface area contributed by atoms with Gasteiger partial charge in [-0.1, -0.05) is 0 Å². The van der Waals surface area contributed by atoms with E-state index in [1.54, 1.807) is 0 Å². The van der Waals surface area contributed by atoms with Crippen LogP contribution in [-0.4, -0.2) is 64.9 Å². The molecule has 0 aromatic carbocycles. The van der Waals surface area contributed by atoms with Gasteiger partial charge in [-0.15, -0.1) is 0 Å². The van der Waals surface area contributed by atoms with Crippen LogP contribution in [0.1, 0.15) is 14.3 Å². The maximum atomic E-state index is 11.6. The number of carbonyl (C=O) groups excluding carboxylic acids is 4. The minimum absolute atomic E-state index is 0. The number of nitrogens with zero attached hydrogens (tertiary/aromatic N) is 2. The Morgan fingerprint density at radius 3 is 2.24 bits per heavy atom. The summed E-state index contributed by atoms with van der Waals surface area (Å²) in [5.41, 5.74) is 0. The van der Waals surface area contributed by atoms with E-state index < -0.39 is 46.5 Å². The van der Waals surface area contributed by atoms with E-state index >= 15 is 0 Å². The first-order chi connectivity index (χ1) is 9.20. The molecule has 2 saturated heterocycles. The predicted molar refractivity (Wildman–Crippen MR) is 62.3 cm³/mol. The van der Waals surface area contributed by atoms with Crippen molar-refractivity contribution in [1.29, 1.82) is 0 Å². The molecule has 2 heterocycles. The van der Waals surface area contributed by atoms with E-state index in [1.165, 1.54) is 0 Å². The van der Waals surface area contributed by atoms with E-state index in [-0.39, 0.29) is 54.7 Å². The van der Waals surface area contributed by atoms with Gasteiger partial charge in [-0.2, -0.15) is 8.42 Å². The molecule has 10 nitrogen and oxygen atoms in total. The summed E-state index contributed by atoms with van der Waals surface area (Å²) in [6.45, 7) is -0.890. The van der Waals surface area contributed by atoms with Crippen LogP contribution in [-0.2, 0) is 29.5 Å². The van der Waals surface area contributed by atoms with Crippen molar-refractivity contribution in [3.8, 4) is 0 Å². The Morgan fingerprint density at radius 1 is 1.29 bits per heavy atom. The van der Waals surface area contributed by atoms with Crippen LogP contribution in [0.5, 0.6) is 0 Å². The van der Waals surface area contributed by atoms with Crippen LogP contribution in [0.2, 0.25) is 0 Å². The Balaban J connectivity index is 0.00000220. The number of carbonyl (C=O) groups is 4. The molecule has 112 valence electrons. The largest absolute Gasteiger partial charge is 1.00 e. The van der Waals surface area contributed by atoms with E-state index in [1.807, 2.05) is 0 Å². The molecule has 1 unspecified atom stereocenters. The van der Waals surface area contributed by atoms with Crippen molar-refractivity contribution in [2.45, 2.75) is 18.9 Å². The van der Waals surface area contributed by atoms with Gasteiger partial charge >= 0.3 is 39.9 Å². The topological polar surface area (TPSA) is 141 Å². The van der Waals surface area contributed by atoms with Gasteiger partial charge in [0, 0.05) is 12.8 Å². The molecule has 1 atom stereocenters. The zero-order valence-electron chi connectivity index (χ0n) is 12.1. The summed E-state index contributed by atoms with van der Waals surface area (Å²) < 4.78 is 30.2. The van der Waals surface area contributed by atoms with Gasteiger partial charge in [0.1, 0.15) is 12.6 Å². The van der Waals surface area contributed by atoms with Crippen LogP contribution >= 0.6 is 0 Å². The van der Waals surface area contributed by atoms with E-state index in [0.29, 0.717) is 0 Å². The standard InChI is InChI=1S/C9H11N3O7S.Na.H/c13-6(4-11-7(14)1-2-8(11)15)10-5-3-12(9(5)16)20(17,18)19;;/h5H,1-4H2,(H,10,13)(H,17,18,19);;/q;+1;-1. The van der Waals surface area contributed by atoms with Crippen molar-refractivity contribution in [3.63, 3.8) is 0 Å². The van der Waals surface area contributed by atoms with Gasteiger partial charge in [0.15, 0.2) is 0 Å². The smallest absolute Gasteiger partial charge is 1.00 e. The van der Waals surface area contributed by atoms with Gasteiger partial charge < -0.3 is 6.74 Å². The molecule has 0 aromatic rings. The van der Waals surface area contributed by atoms with Gasteiger partial charge in [0.2, 0.25) is 17.7 Å². The monoisotopic (exact) mass is 329 g/mol. The summed E-state index contributed by atoms with van der Waals surface area (Å²) in [5, 5.41) is 2.18.